The number of rotatable bonds is 27. The van der Waals surface area contributed by atoms with E-state index in [-0.39, 0.29) is 12.1 Å². The molecule has 0 N–H and O–H groups in total. The first-order chi connectivity index (χ1) is 20.5. The van der Waals surface area contributed by atoms with Gasteiger partial charge < -0.3 is 18.5 Å². The molecule has 0 aromatic carbocycles. The molecule has 264 valence electrons. The van der Waals surface area contributed by atoms with E-state index in [1.54, 1.807) is 0 Å². The van der Waals surface area contributed by atoms with Crippen molar-refractivity contribution in [1.29, 1.82) is 0 Å². The van der Waals surface area contributed by atoms with Gasteiger partial charge in [0, 0.05) is 19.6 Å². The molecule has 0 aromatic rings. The number of ether oxygens (including phenoxy) is 1. The lowest BCUT2D eigenvalue weighted by molar-refractivity contribution is -0.150. The second kappa shape index (κ2) is 23.2. The largest absolute Gasteiger partial charge is 0.462 e. The highest BCUT2D eigenvalue weighted by molar-refractivity contribution is 6.74. The average molecular weight is 658 g/mol. The second-order valence-electron chi connectivity index (χ2n) is 16.3. The summed E-state index contributed by atoms with van der Waals surface area (Å²) in [7, 11) is -3.23. The molecule has 0 unspecified atom stereocenters. The Labute approximate surface area is 278 Å². The van der Waals surface area contributed by atoms with Crippen LogP contribution in [0.3, 0.4) is 0 Å². The van der Waals surface area contributed by atoms with Gasteiger partial charge in [0.05, 0.1) is 0 Å². The Morgan fingerprint density at radius 1 is 0.591 bits per heavy atom. The number of hydrogen-bond donors (Lipinski definition) is 0. The van der Waals surface area contributed by atoms with Crippen LogP contribution in [0.1, 0.15) is 158 Å². The van der Waals surface area contributed by atoms with E-state index < -0.39 is 16.6 Å². The van der Waals surface area contributed by atoms with E-state index in [0.717, 1.165) is 65.0 Å². The van der Waals surface area contributed by atoms with Gasteiger partial charge in [0.1, 0.15) is 6.10 Å². The molecule has 0 saturated heterocycles. The van der Waals surface area contributed by atoms with E-state index in [2.05, 4.69) is 86.5 Å². The normalized spacial score (nSPS) is 13.3. The van der Waals surface area contributed by atoms with Crippen LogP contribution in [0.5, 0.6) is 0 Å². The number of esters is 1. The van der Waals surface area contributed by atoms with E-state index in [1.165, 1.54) is 64.2 Å². The molecule has 0 bridgehead atoms. The maximum absolute atomic E-state index is 12.7. The zero-order chi connectivity index (χ0) is 33.7. The molecule has 5 nitrogen and oxygen atoms in total. The molecule has 7 heteroatoms. The first-order valence-corrected chi connectivity index (χ1v) is 24.5. The van der Waals surface area contributed by atoms with Gasteiger partial charge in [-0.15, -0.1) is 0 Å². The number of nitrogens with zero attached hydrogens (tertiary/aromatic N) is 1. The van der Waals surface area contributed by atoms with Crippen LogP contribution in [-0.2, 0) is 18.4 Å². The van der Waals surface area contributed by atoms with Crippen LogP contribution >= 0.6 is 0 Å². The van der Waals surface area contributed by atoms with Crippen molar-refractivity contribution in [2.45, 2.75) is 200 Å². The minimum atomic E-state index is -1.62. The third-order valence-corrected chi connectivity index (χ3v) is 19.5. The van der Waals surface area contributed by atoms with Gasteiger partial charge in [-0.25, -0.2) is 0 Å². The predicted octanol–water partition coefficient (Wildman–Crippen LogP) is 11.5. The van der Waals surface area contributed by atoms with Gasteiger partial charge in [0.15, 0.2) is 16.6 Å². The summed E-state index contributed by atoms with van der Waals surface area (Å²) in [5, 5.41) is 0.580. The van der Waals surface area contributed by atoms with Crippen LogP contribution in [0.15, 0.2) is 0 Å². The molecule has 44 heavy (non-hydrogen) atoms. The van der Waals surface area contributed by atoms with E-state index in [0.29, 0.717) is 16.5 Å². The van der Waals surface area contributed by atoms with Crippen LogP contribution < -0.4 is 0 Å². The van der Waals surface area contributed by atoms with E-state index in [4.69, 9.17) is 13.6 Å². The van der Waals surface area contributed by atoms with Gasteiger partial charge >= 0.3 is 5.97 Å². The number of carbonyl (C=O) groups excluding carboxylic acids is 1. The fourth-order valence-electron chi connectivity index (χ4n) is 4.94. The van der Waals surface area contributed by atoms with Crippen LogP contribution in [0.4, 0.5) is 0 Å². The van der Waals surface area contributed by atoms with Crippen LogP contribution in [0.2, 0.25) is 36.3 Å². The van der Waals surface area contributed by atoms with Crippen molar-refractivity contribution in [3.8, 4) is 0 Å². The first-order valence-electron chi connectivity index (χ1n) is 18.7. The highest BCUT2D eigenvalue weighted by Crippen LogP contribution is 2.37. The molecular weight excluding hydrogens is 579 g/mol. The zero-order valence-corrected chi connectivity index (χ0v) is 34.0. The molecule has 0 aliphatic rings. The molecule has 0 aliphatic carbocycles. The highest BCUT2D eigenvalue weighted by atomic mass is 28.4. The Kier molecular flexibility index (Phi) is 23.1. The number of unbranched alkanes of at least 4 members (excludes halogenated alkanes) is 10. The molecule has 0 fully saturated rings. The van der Waals surface area contributed by atoms with Crippen molar-refractivity contribution in [1.82, 2.24) is 4.90 Å². The summed E-state index contributed by atoms with van der Waals surface area (Å²) in [6.45, 7) is 32.5. The van der Waals surface area contributed by atoms with Gasteiger partial charge in [-0.2, -0.15) is 0 Å². The molecule has 0 saturated carbocycles. The Morgan fingerprint density at radius 3 is 1.32 bits per heavy atom. The zero-order valence-electron chi connectivity index (χ0n) is 32.0. The molecule has 0 radical (unpaired) electrons. The minimum absolute atomic E-state index is 0.00520. The van der Waals surface area contributed by atoms with Crippen molar-refractivity contribution in [2.24, 2.45) is 0 Å². The van der Waals surface area contributed by atoms with Crippen molar-refractivity contribution in [2.75, 3.05) is 32.8 Å². The summed E-state index contributed by atoms with van der Waals surface area (Å²) in [4.78, 5) is 15.1. The molecule has 0 aromatic heterocycles. The van der Waals surface area contributed by atoms with Crippen LogP contribution in [-0.4, -0.2) is 66.5 Å². The SMILES string of the molecule is CCN(CC)CCCC(=O)OC(CCCCCCCCO[Si](C)(C)C(C)(C)C)CCCCCCCCO[Si](C)(C)C(C)(C)C. The van der Waals surface area contributed by atoms with Gasteiger partial charge in [-0.05, 0) is 101 Å². The Morgan fingerprint density at radius 2 is 0.955 bits per heavy atom. The number of hydrogen-bond acceptors (Lipinski definition) is 5. The molecule has 0 atom stereocenters. The van der Waals surface area contributed by atoms with Crippen molar-refractivity contribution < 1.29 is 18.4 Å². The Hall–Kier alpha value is -0.216. The summed E-state index contributed by atoms with van der Waals surface area (Å²) in [6.07, 6.45) is 18.3. The lowest BCUT2D eigenvalue weighted by Crippen LogP contribution is -2.40. The monoisotopic (exact) mass is 658 g/mol. The third-order valence-electron chi connectivity index (χ3n) is 10.4. The molecule has 0 heterocycles. The van der Waals surface area contributed by atoms with E-state index >= 15 is 0 Å². The van der Waals surface area contributed by atoms with Crippen molar-refractivity contribution in [3.05, 3.63) is 0 Å². The first kappa shape index (κ1) is 43.8. The van der Waals surface area contributed by atoms with Gasteiger partial charge in [-0.3, -0.25) is 4.79 Å². The summed E-state index contributed by atoms with van der Waals surface area (Å²) < 4.78 is 18.7. The summed E-state index contributed by atoms with van der Waals surface area (Å²) >= 11 is 0. The molecule has 0 aliphatic heterocycles. The highest BCUT2D eigenvalue weighted by Gasteiger charge is 2.37. The summed E-state index contributed by atoms with van der Waals surface area (Å²) in [6, 6.07) is 0. The van der Waals surface area contributed by atoms with E-state index in [1.807, 2.05) is 0 Å². The Bertz CT molecular complexity index is 667. The van der Waals surface area contributed by atoms with E-state index in [9.17, 15) is 4.79 Å². The molecule has 0 amide bonds. The minimum Gasteiger partial charge on any atom is -0.462 e. The molecule has 0 rings (SSSR count). The lowest BCUT2D eigenvalue weighted by atomic mass is 10.0. The van der Waals surface area contributed by atoms with Gasteiger partial charge in [0.25, 0.3) is 0 Å². The fourth-order valence-corrected chi connectivity index (χ4v) is 7.12. The summed E-state index contributed by atoms with van der Waals surface area (Å²) in [5.41, 5.74) is 0. The van der Waals surface area contributed by atoms with Gasteiger partial charge in [-0.1, -0.05) is 107 Å². The number of carbonyl (C=O) groups is 1. The Balaban J connectivity index is 4.35. The quantitative estimate of drug-likeness (QED) is 0.0500. The molecule has 0 spiro atoms. The predicted molar refractivity (Wildman–Crippen MR) is 198 cm³/mol. The lowest BCUT2D eigenvalue weighted by Gasteiger charge is -2.36. The smallest absolute Gasteiger partial charge is 0.306 e. The maximum Gasteiger partial charge on any atom is 0.306 e. The standard InChI is InChI=1S/C37H79NO4Si2/c1-13-38(14-2)31-27-30-35(39)42-34(28-23-19-15-17-21-25-32-40-43(9,10)36(3,4)5)29-24-20-16-18-22-26-33-41-44(11,12)37(6,7)8/h34H,13-33H2,1-12H3. The van der Waals surface area contributed by atoms with Crippen LogP contribution in [0.25, 0.3) is 0 Å². The fraction of sp³-hybridized carbons (Fsp3) is 0.973. The third kappa shape index (κ3) is 20.8. The van der Waals surface area contributed by atoms with Crippen molar-refractivity contribution in [3.63, 3.8) is 0 Å². The van der Waals surface area contributed by atoms with Crippen LogP contribution in [0, 0.1) is 0 Å². The molecular formula is C37H79NO4Si2. The van der Waals surface area contributed by atoms with Crippen molar-refractivity contribution >= 4 is 22.6 Å². The van der Waals surface area contributed by atoms with Gasteiger partial charge in [0.2, 0.25) is 0 Å². The maximum atomic E-state index is 12.7. The average Bonchev–Trinajstić information content (AvgIpc) is 2.91. The second-order valence-corrected chi connectivity index (χ2v) is 25.9. The topological polar surface area (TPSA) is 48.0 Å². The summed E-state index contributed by atoms with van der Waals surface area (Å²) in [5.74, 6) is 0.00520.